The van der Waals surface area contributed by atoms with Gasteiger partial charge in [-0.3, -0.25) is 4.79 Å². The number of nitrogens with zero attached hydrogens (tertiary/aromatic N) is 2. The summed E-state index contributed by atoms with van der Waals surface area (Å²) in [5.74, 6) is -2.76. The molecule has 1 aromatic heterocycles. The third kappa shape index (κ3) is 3.93. The molecule has 1 aliphatic carbocycles. The summed E-state index contributed by atoms with van der Waals surface area (Å²) in [7, 11) is -3.61. The molecule has 1 amide bonds. The number of ether oxygens (including phenoxy) is 1. The quantitative estimate of drug-likeness (QED) is 0.666. The van der Waals surface area contributed by atoms with Gasteiger partial charge in [-0.1, -0.05) is 5.16 Å². The van der Waals surface area contributed by atoms with E-state index in [0.29, 0.717) is 18.8 Å². The van der Waals surface area contributed by atoms with Crippen LogP contribution in [0.5, 0.6) is 5.75 Å². The zero-order valence-corrected chi connectivity index (χ0v) is 18.5. The minimum atomic E-state index is -3.61. The van der Waals surface area contributed by atoms with Crippen LogP contribution in [-0.4, -0.2) is 55.8 Å². The molecule has 31 heavy (non-hydrogen) atoms. The SMILES string of the molecule is Cc1cc(C23CC2CN(C(=O)c2cc(S(C)(=O)=O)ccc2OC(C)C(C)(F)F)C3)no1. The number of aromatic nitrogens is 1. The number of hydrogen-bond acceptors (Lipinski definition) is 6. The van der Waals surface area contributed by atoms with Crippen LogP contribution in [0.25, 0.3) is 0 Å². The summed E-state index contributed by atoms with van der Waals surface area (Å²) in [5, 5.41) is 4.11. The number of carbonyl (C=O) groups excluding carboxylic acids is 1. The van der Waals surface area contributed by atoms with Gasteiger partial charge in [-0.25, -0.2) is 17.2 Å². The van der Waals surface area contributed by atoms with Crippen LogP contribution in [0.4, 0.5) is 8.78 Å². The zero-order chi connectivity index (χ0) is 22.8. The summed E-state index contributed by atoms with van der Waals surface area (Å²) in [6, 6.07) is 5.57. The van der Waals surface area contributed by atoms with Crippen molar-refractivity contribution in [3.8, 4) is 5.75 Å². The normalized spacial score (nSPS) is 24.1. The lowest BCUT2D eigenvalue weighted by atomic mass is 10.0. The number of sulfone groups is 1. The van der Waals surface area contributed by atoms with Gasteiger partial charge in [0.2, 0.25) is 0 Å². The van der Waals surface area contributed by atoms with Gasteiger partial charge in [-0.15, -0.1) is 0 Å². The summed E-state index contributed by atoms with van der Waals surface area (Å²) in [4.78, 5) is 14.9. The standard InChI is InChI=1S/C21H24F2N2O5S/c1-12-7-18(24-30-12)21-9-14(21)10-25(11-21)19(26)16-8-15(31(4,27)28)5-6-17(16)29-13(2)20(3,22)23/h5-8,13-14H,9-11H2,1-4H3. The van der Waals surface area contributed by atoms with Gasteiger partial charge < -0.3 is 14.2 Å². The highest BCUT2D eigenvalue weighted by atomic mass is 32.2. The van der Waals surface area contributed by atoms with E-state index in [-0.39, 0.29) is 27.5 Å². The van der Waals surface area contributed by atoms with Gasteiger partial charge in [0.05, 0.1) is 16.2 Å². The van der Waals surface area contributed by atoms with Crippen LogP contribution in [0.15, 0.2) is 33.7 Å². The van der Waals surface area contributed by atoms with E-state index in [1.165, 1.54) is 25.1 Å². The molecule has 10 heteroatoms. The molecule has 1 aliphatic heterocycles. The van der Waals surface area contributed by atoms with E-state index in [9.17, 15) is 22.0 Å². The molecule has 0 N–H and O–H groups in total. The molecule has 1 saturated carbocycles. The predicted octanol–water partition coefficient (Wildman–Crippen LogP) is 3.22. The lowest BCUT2D eigenvalue weighted by molar-refractivity contribution is -0.0720. The molecule has 3 unspecified atom stereocenters. The van der Waals surface area contributed by atoms with Crippen LogP contribution < -0.4 is 4.74 Å². The molecule has 3 atom stereocenters. The smallest absolute Gasteiger partial charge is 0.281 e. The molecule has 168 valence electrons. The number of carbonyl (C=O) groups is 1. The Morgan fingerprint density at radius 1 is 1.39 bits per heavy atom. The van der Waals surface area contributed by atoms with Crippen LogP contribution in [0.2, 0.25) is 0 Å². The van der Waals surface area contributed by atoms with Crippen molar-refractivity contribution in [2.45, 2.75) is 49.5 Å². The first-order chi connectivity index (χ1) is 14.3. The summed E-state index contributed by atoms with van der Waals surface area (Å²) in [6.45, 7) is 4.58. The van der Waals surface area contributed by atoms with Gasteiger partial charge in [0.15, 0.2) is 15.9 Å². The zero-order valence-electron chi connectivity index (χ0n) is 17.7. The van der Waals surface area contributed by atoms with Crippen molar-refractivity contribution in [1.29, 1.82) is 0 Å². The number of fused-ring (bicyclic) bond motifs is 1. The molecule has 2 aromatic rings. The van der Waals surface area contributed by atoms with Crippen LogP contribution in [-0.2, 0) is 15.3 Å². The third-order valence-corrected chi connectivity index (χ3v) is 7.31. The van der Waals surface area contributed by atoms with Gasteiger partial charge in [-0.05, 0) is 44.4 Å². The van der Waals surface area contributed by atoms with Crippen molar-refractivity contribution in [2.24, 2.45) is 5.92 Å². The maximum atomic E-state index is 13.7. The van der Waals surface area contributed by atoms with Crippen molar-refractivity contribution in [3.63, 3.8) is 0 Å². The fourth-order valence-corrected chi connectivity index (χ4v) is 4.76. The Kier molecular flexibility index (Phi) is 4.92. The van der Waals surface area contributed by atoms with Crippen molar-refractivity contribution in [2.75, 3.05) is 19.3 Å². The Morgan fingerprint density at radius 3 is 2.68 bits per heavy atom. The molecule has 0 bridgehead atoms. The number of likely N-dealkylation sites (tertiary alicyclic amines) is 1. The molecule has 2 fully saturated rings. The third-order valence-electron chi connectivity index (χ3n) is 6.20. The number of alkyl halides is 2. The number of halogens is 2. The lowest BCUT2D eigenvalue weighted by Gasteiger charge is -2.25. The van der Waals surface area contributed by atoms with E-state index < -0.39 is 27.8 Å². The summed E-state index contributed by atoms with van der Waals surface area (Å²) in [6.07, 6.45) is 0.404. The maximum Gasteiger partial charge on any atom is 0.281 e. The van der Waals surface area contributed by atoms with Gasteiger partial charge in [-0.2, -0.15) is 0 Å². The van der Waals surface area contributed by atoms with E-state index in [2.05, 4.69) is 5.16 Å². The molecule has 1 saturated heterocycles. The van der Waals surface area contributed by atoms with Gasteiger partial charge in [0.25, 0.3) is 11.8 Å². The Bertz CT molecular complexity index is 1140. The predicted molar refractivity (Wildman–Crippen MR) is 107 cm³/mol. The van der Waals surface area contributed by atoms with Crippen LogP contribution >= 0.6 is 0 Å². The number of aryl methyl sites for hydroxylation is 1. The summed E-state index contributed by atoms with van der Waals surface area (Å²) in [5.41, 5.74) is 0.477. The number of rotatable bonds is 6. The molecular weight excluding hydrogens is 430 g/mol. The average molecular weight is 454 g/mol. The van der Waals surface area contributed by atoms with Crippen molar-refractivity contribution in [1.82, 2.24) is 10.1 Å². The Hall–Kier alpha value is -2.49. The monoisotopic (exact) mass is 454 g/mol. The van der Waals surface area contributed by atoms with Crippen molar-refractivity contribution >= 4 is 15.7 Å². The molecule has 2 heterocycles. The first-order valence-electron chi connectivity index (χ1n) is 9.93. The van der Waals surface area contributed by atoms with Crippen LogP contribution in [0.1, 0.15) is 42.1 Å². The van der Waals surface area contributed by atoms with E-state index in [0.717, 1.165) is 25.3 Å². The highest BCUT2D eigenvalue weighted by Crippen LogP contribution is 2.59. The topological polar surface area (TPSA) is 89.7 Å². The Labute approximate surface area is 179 Å². The number of benzene rings is 1. The van der Waals surface area contributed by atoms with Crippen molar-refractivity contribution < 1.29 is 31.3 Å². The van der Waals surface area contributed by atoms with Gasteiger partial charge in [0.1, 0.15) is 11.5 Å². The Balaban J connectivity index is 1.65. The number of amides is 1. The molecule has 1 aromatic carbocycles. The molecule has 0 radical (unpaired) electrons. The molecule has 4 rings (SSSR count). The van der Waals surface area contributed by atoms with Gasteiger partial charge in [0, 0.05) is 37.8 Å². The highest BCUT2D eigenvalue weighted by Gasteiger charge is 2.63. The van der Waals surface area contributed by atoms with Gasteiger partial charge >= 0.3 is 0 Å². The second kappa shape index (κ2) is 7.01. The minimum Gasteiger partial charge on any atom is -0.484 e. The van der Waals surface area contributed by atoms with E-state index in [1.54, 1.807) is 11.8 Å². The first-order valence-corrected chi connectivity index (χ1v) is 11.8. The second-order valence-corrected chi connectivity index (χ2v) is 10.7. The maximum absolute atomic E-state index is 13.7. The molecule has 2 aliphatic rings. The second-order valence-electron chi connectivity index (χ2n) is 8.71. The van der Waals surface area contributed by atoms with Crippen LogP contribution in [0.3, 0.4) is 0 Å². The highest BCUT2D eigenvalue weighted by molar-refractivity contribution is 7.90. The van der Waals surface area contributed by atoms with Crippen LogP contribution in [0, 0.1) is 12.8 Å². The minimum absolute atomic E-state index is 0.0493. The molecular formula is C21H24F2N2O5S. The largest absolute Gasteiger partial charge is 0.484 e. The Morgan fingerprint density at radius 2 is 2.10 bits per heavy atom. The van der Waals surface area contributed by atoms with Crippen molar-refractivity contribution in [3.05, 3.63) is 41.3 Å². The van der Waals surface area contributed by atoms with E-state index in [1.807, 2.05) is 6.07 Å². The first kappa shape index (κ1) is 21.7. The fraction of sp³-hybridized carbons (Fsp3) is 0.524. The molecule has 0 spiro atoms. The number of hydrogen-bond donors (Lipinski definition) is 0. The summed E-state index contributed by atoms with van der Waals surface area (Å²) < 4.78 is 61.9. The lowest BCUT2D eigenvalue weighted by Crippen LogP contribution is -2.35. The average Bonchev–Trinajstić information content (AvgIpc) is 2.99. The number of piperidine rings is 1. The summed E-state index contributed by atoms with van der Waals surface area (Å²) >= 11 is 0. The van der Waals surface area contributed by atoms with E-state index >= 15 is 0 Å². The molecule has 7 nitrogen and oxygen atoms in total. The van der Waals surface area contributed by atoms with E-state index in [4.69, 9.17) is 9.26 Å². The fourth-order valence-electron chi connectivity index (χ4n) is 4.11.